The zero-order valence-corrected chi connectivity index (χ0v) is 49.6. The molecule has 0 saturated heterocycles. The third-order valence-electron chi connectivity index (χ3n) is 21.2. The van der Waals surface area contributed by atoms with Gasteiger partial charge in [0.25, 0.3) is 0 Å². The molecule has 15 aromatic carbocycles. The van der Waals surface area contributed by atoms with Crippen LogP contribution in [-0.4, -0.2) is 0 Å². The van der Waals surface area contributed by atoms with Gasteiger partial charge in [-0.1, -0.05) is 303 Å². The van der Waals surface area contributed by atoms with Crippen molar-refractivity contribution in [1.82, 2.24) is 0 Å². The van der Waals surface area contributed by atoms with Crippen LogP contribution in [0.1, 0.15) is 66.8 Å². The first-order chi connectivity index (χ1) is 45.2. The maximum atomic E-state index is 7.34. The summed E-state index contributed by atoms with van der Waals surface area (Å²) >= 11 is 0. The summed E-state index contributed by atoms with van der Waals surface area (Å²) in [6.45, 7) is 0. The van der Waals surface area contributed by atoms with Gasteiger partial charge in [-0.15, -0.1) is 0 Å². The summed E-state index contributed by atoms with van der Waals surface area (Å²) in [5.74, 6) is 1.84. The Morgan fingerprint density at radius 2 is 0.615 bits per heavy atom. The lowest BCUT2D eigenvalue weighted by Crippen LogP contribution is -2.32. The van der Waals surface area contributed by atoms with Crippen molar-refractivity contribution in [3.8, 4) is 67.1 Å². The van der Waals surface area contributed by atoms with E-state index in [9.17, 15) is 0 Å². The van der Waals surface area contributed by atoms with Gasteiger partial charge in [-0.25, -0.2) is 0 Å². The van der Waals surface area contributed by atoms with E-state index < -0.39 is 16.2 Å². The third kappa shape index (κ3) is 6.45. The predicted molar refractivity (Wildman–Crippen MR) is 373 cm³/mol. The average Bonchev–Trinajstić information content (AvgIpc) is 1.51. The molecule has 4 aliphatic carbocycles. The van der Waals surface area contributed by atoms with Crippen molar-refractivity contribution in [2.45, 2.75) is 16.2 Å². The minimum absolute atomic E-state index is 0.514. The molecule has 2 nitrogen and oxygen atoms in total. The smallest absolute Gasteiger partial charge is 0.140 e. The Hall–Kier alpha value is -11.6. The second-order valence-electron chi connectivity index (χ2n) is 25.2. The van der Waals surface area contributed by atoms with Crippen molar-refractivity contribution in [3.05, 3.63) is 400 Å². The van der Waals surface area contributed by atoms with E-state index in [1.54, 1.807) is 0 Å². The van der Waals surface area contributed by atoms with Crippen molar-refractivity contribution in [2.24, 2.45) is 0 Å². The Balaban J connectivity index is 0.819. The van der Waals surface area contributed by atoms with E-state index in [4.69, 9.17) is 4.74 Å². The molecule has 1 heterocycles. The molecule has 91 heavy (non-hydrogen) atoms. The average molecular weight is 1150 g/mol. The highest BCUT2D eigenvalue weighted by Gasteiger charge is 2.55. The molecule has 1 aliphatic heterocycles. The predicted octanol–water partition coefficient (Wildman–Crippen LogP) is 22.3. The normalized spacial score (nSPS) is 14.5. The van der Waals surface area contributed by atoms with Crippen LogP contribution in [0.25, 0.3) is 77.2 Å². The van der Waals surface area contributed by atoms with Gasteiger partial charge in [0, 0.05) is 38.8 Å². The minimum Gasteiger partial charge on any atom is -0.455 e. The summed E-state index contributed by atoms with van der Waals surface area (Å²) in [7, 11) is 0. The van der Waals surface area contributed by atoms with E-state index in [-0.39, 0.29) is 0 Å². The fraction of sp³-hybridized carbons (Fsp3) is 0.0337. The fourth-order valence-electron chi connectivity index (χ4n) is 17.8. The molecule has 422 valence electrons. The van der Waals surface area contributed by atoms with Crippen LogP contribution in [0.5, 0.6) is 11.5 Å². The number of anilines is 3. The number of ether oxygens (including phenoxy) is 1. The lowest BCUT2D eigenvalue weighted by atomic mass is 9.65. The Bertz CT molecular complexity index is 5410. The second-order valence-corrected chi connectivity index (χ2v) is 25.2. The topological polar surface area (TPSA) is 12.5 Å². The van der Waals surface area contributed by atoms with Gasteiger partial charge in [-0.3, -0.25) is 0 Å². The van der Waals surface area contributed by atoms with Gasteiger partial charge in [0.2, 0.25) is 0 Å². The summed E-state index contributed by atoms with van der Waals surface area (Å²) in [6, 6.07) is 125. The zero-order valence-electron chi connectivity index (χ0n) is 49.6. The van der Waals surface area contributed by atoms with Crippen LogP contribution in [-0.2, 0) is 16.2 Å². The summed E-state index contributed by atoms with van der Waals surface area (Å²) in [4.78, 5) is 2.56. The first kappa shape index (κ1) is 50.4. The first-order valence-electron chi connectivity index (χ1n) is 31.8. The fourth-order valence-corrected chi connectivity index (χ4v) is 17.8. The van der Waals surface area contributed by atoms with Gasteiger partial charge >= 0.3 is 0 Å². The Labute approximate surface area is 528 Å². The molecule has 20 rings (SSSR count). The third-order valence-corrected chi connectivity index (χ3v) is 21.2. The van der Waals surface area contributed by atoms with Crippen LogP contribution in [0.15, 0.2) is 334 Å². The molecule has 2 spiro atoms. The van der Waals surface area contributed by atoms with E-state index >= 15 is 0 Å². The number of fused-ring (bicyclic) bond motifs is 26. The van der Waals surface area contributed by atoms with Crippen LogP contribution in [0, 0.1) is 0 Å². The maximum Gasteiger partial charge on any atom is 0.140 e. The van der Waals surface area contributed by atoms with Crippen molar-refractivity contribution in [3.63, 3.8) is 0 Å². The molecule has 0 atom stereocenters. The highest BCUT2D eigenvalue weighted by atomic mass is 16.5. The van der Waals surface area contributed by atoms with Gasteiger partial charge in [-0.05, 0) is 147 Å². The van der Waals surface area contributed by atoms with Crippen molar-refractivity contribution in [1.29, 1.82) is 0 Å². The van der Waals surface area contributed by atoms with Crippen LogP contribution in [0.2, 0.25) is 0 Å². The standard InChI is InChI=1S/C89H55NO/c1-3-25-59(26-4-1)87(60-27-5-2-6-28-60)72-37-16-13-33-68(72)71-55-62(51-54-77(71)87)90(82-44-22-43-79-84(82)70-35-15-20-41-76(70)88(79)73-38-17-11-31-66(73)67-32-12-18-39-74(67)88)61-49-45-58(46-50-61)63-36-21-42-78-83(63)69-34-14-19-40-75(69)89(78)80-52-47-56-23-7-9-29-64(56)85(80)91-86-65-30-10-8-24-57(65)48-53-81(86)89/h1-55H. The SMILES string of the molecule is c1ccc(C2(c3ccccc3)c3ccccc3-c3cc(N(c4ccc(-c5cccc6c5-c5ccccc5C65c6ccc7ccccc7c6Oc6c5ccc5ccccc65)cc4)c4cccc5c4-c4ccccc4C54c5ccccc5-c5ccccc54)ccc32)cc1. The van der Waals surface area contributed by atoms with Gasteiger partial charge in [0.15, 0.2) is 0 Å². The maximum absolute atomic E-state index is 7.34. The van der Waals surface area contributed by atoms with E-state index in [0.717, 1.165) is 66.8 Å². The number of benzene rings is 15. The van der Waals surface area contributed by atoms with Crippen LogP contribution in [0.4, 0.5) is 17.1 Å². The highest BCUT2D eigenvalue weighted by Crippen LogP contribution is 2.68. The molecule has 0 fully saturated rings. The second kappa shape index (κ2) is 18.7. The van der Waals surface area contributed by atoms with Gasteiger partial charge < -0.3 is 9.64 Å². The Morgan fingerprint density at radius 3 is 1.19 bits per heavy atom. The number of hydrogen-bond acceptors (Lipinski definition) is 2. The summed E-state index contributed by atoms with van der Waals surface area (Å²) in [5.41, 5.74) is 29.2. The van der Waals surface area contributed by atoms with E-state index in [2.05, 4.69) is 339 Å². The van der Waals surface area contributed by atoms with Crippen molar-refractivity contribution >= 4 is 38.6 Å². The minimum atomic E-state index is -0.665. The highest BCUT2D eigenvalue weighted by molar-refractivity contribution is 6.05. The Morgan fingerprint density at radius 1 is 0.231 bits per heavy atom. The molecule has 0 amide bonds. The number of nitrogens with zero attached hydrogens (tertiary/aromatic N) is 1. The molecule has 15 aromatic rings. The molecule has 0 saturated carbocycles. The molecule has 5 aliphatic rings. The molecule has 0 bridgehead atoms. The van der Waals surface area contributed by atoms with Gasteiger partial charge in [-0.2, -0.15) is 0 Å². The van der Waals surface area contributed by atoms with Crippen LogP contribution >= 0.6 is 0 Å². The van der Waals surface area contributed by atoms with E-state index in [1.165, 1.54) is 106 Å². The summed E-state index contributed by atoms with van der Waals surface area (Å²) in [5, 5.41) is 4.54. The quantitative estimate of drug-likeness (QED) is 0.165. The van der Waals surface area contributed by atoms with Crippen LogP contribution < -0.4 is 9.64 Å². The molecule has 0 radical (unpaired) electrons. The molecule has 0 N–H and O–H groups in total. The largest absolute Gasteiger partial charge is 0.455 e. The monoisotopic (exact) mass is 1150 g/mol. The van der Waals surface area contributed by atoms with Crippen molar-refractivity contribution in [2.75, 3.05) is 4.90 Å². The molecule has 0 aromatic heterocycles. The summed E-state index contributed by atoms with van der Waals surface area (Å²) in [6.07, 6.45) is 0. The van der Waals surface area contributed by atoms with E-state index in [1.807, 2.05) is 0 Å². The van der Waals surface area contributed by atoms with Crippen LogP contribution in [0.3, 0.4) is 0 Å². The van der Waals surface area contributed by atoms with Gasteiger partial charge in [0.1, 0.15) is 11.5 Å². The zero-order chi connectivity index (χ0) is 59.6. The van der Waals surface area contributed by atoms with E-state index in [0.29, 0.717) is 0 Å². The number of rotatable bonds is 6. The number of hydrogen-bond donors (Lipinski definition) is 0. The van der Waals surface area contributed by atoms with Gasteiger partial charge in [0.05, 0.1) is 21.9 Å². The Kier molecular flexibility index (Phi) is 10.4. The molecule has 0 unspecified atom stereocenters. The van der Waals surface area contributed by atoms with Crippen molar-refractivity contribution < 1.29 is 4.74 Å². The molecular weight excluding hydrogens is 1100 g/mol. The lowest BCUT2D eigenvalue weighted by Gasteiger charge is -2.40. The lowest BCUT2D eigenvalue weighted by molar-refractivity contribution is 0.447. The molecular formula is C89H55NO. The first-order valence-corrected chi connectivity index (χ1v) is 31.8. The molecule has 2 heteroatoms. The summed E-state index contributed by atoms with van der Waals surface area (Å²) < 4.78 is 7.34.